The van der Waals surface area contributed by atoms with Crippen LogP contribution in [0.15, 0.2) is 161 Å². The molecule has 4 heterocycles. The molecule has 5 aromatic carbocycles. The molecule has 2 aliphatic carbocycles. The van der Waals surface area contributed by atoms with E-state index in [0.29, 0.717) is 17.5 Å². The Kier molecular flexibility index (Phi) is 7.42. The monoisotopic (exact) mass is 740 g/mol. The molecule has 0 saturated heterocycles. The van der Waals surface area contributed by atoms with Gasteiger partial charge in [0.1, 0.15) is 11.2 Å². The minimum absolute atomic E-state index is 0.0834. The van der Waals surface area contributed by atoms with Gasteiger partial charge in [0.15, 0.2) is 17.5 Å². The number of rotatable bonds is 5. The van der Waals surface area contributed by atoms with Crippen LogP contribution in [0.5, 0.6) is 0 Å². The quantitative estimate of drug-likeness (QED) is 0.175. The number of pyridine rings is 1. The zero-order valence-electron chi connectivity index (χ0n) is 31.0. The number of thioether (sulfide) groups is 1. The van der Waals surface area contributed by atoms with Gasteiger partial charge < -0.3 is 4.42 Å². The number of furan rings is 1. The Morgan fingerprint density at radius 3 is 1.93 bits per heavy atom. The first-order chi connectivity index (χ1) is 27.4. The smallest absolute Gasteiger partial charge is 0.164 e. The lowest BCUT2D eigenvalue weighted by Crippen LogP contribution is -2.29. The van der Waals surface area contributed by atoms with Crippen molar-refractivity contribution in [1.29, 1.82) is 0 Å². The number of hydrogen-bond acceptors (Lipinski definition) is 6. The van der Waals surface area contributed by atoms with E-state index >= 15 is 0 Å². The molecule has 0 fully saturated rings. The number of aromatic nitrogens is 4. The highest BCUT2D eigenvalue weighted by Gasteiger charge is 2.47. The van der Waals surface area contributed by atoms with Crippen LogP contribution in [0.2, 0.25) is 0 Å². The van der Waals surface area contributed by atoms with E-state index in [9.17, 15) is 0 Å². The first-order valence-electron chi connectivity index (χ1n) is 19.2. The summed E-state index contributed by atoms with van der Waals surface area (Å²) in [6.07, 6.45) is 13.2. The molecule has 0 amide bonds. The fraction of sp³-hybridized carbons (Fsp3) is 0.120. The third-order valence-corrected chi connectivity index (χ3v) is 13.2. The van der Waals surface area contributed by atoms with E-state index in [1.54, 1.807) is 0 Å². The van der Waals surface area contributed by atoms with Crippen molar-refractivity contribution in [3.05, 3.63) is 174 Å². The van der Waals surface area contributed by atoms with Crippen molar-refractivity contribution in [3.63, 3.8) is 0 Å². The second kappa shape index (κ2) is 12.6. The topological polar surface area (TPSA) is 64.7 Å². The van der Waals surface area contributed by atoms with Crippen LogP contribution in [0.4, 0.5) is 0 Å². The van der Waals surface area contributed by atoms with Gasteiger partial charge in [0.2, 0.25) is 0 Å². The average Bonchev–Trinajstić information content (AvgIpc) is 3.78. The molecule has 0 bridgehead atoms. The lowest BCUT2D eigenvalue weighted by atomic mass is 9.67. The predicted molar refractivity (Wildman–Crippen MR) is 229 cm³/mol. The summed E-state index contributed by atoms with van der Waals surface area (Å²) in [5.41, 5.74) is 12.7. The molecule has 8 aromatic rings. The van der Waals surface area contributed by atoms with E-state index < -0.39 is 0 Å². The Balaban J connectivity index is 1.05. The van der Waals surface area contributed by atoms with Crippen LogP contribution in [-0.4, -0.2) is 24.7 Å². The van der Waals surface area contributed by atoms with Crippen molar-refractivity contribution in [2.45, 2.75) is 41.7 Å². The number of nitrogens with zero attached hydrogens (tertiary/aromatic N) is 4. The van der Waals surface area contributed by atoms with Gasteiger partial charge in [-0.1, -0.05) is 146 Å². The summed E-state index contributed by atoms with van der Waals surface area (Å²) in [5, 5.41) is 2.30. The molecule has 56 heavy (non-hydrogen) atoms. The first kappa shape index (κ1) is 33.0. The average molecular weight is 741 g/mol. The summed E-state index contributed by atoms with van der Waals surface area (Å²) < 4.78 is 6.33. The molecule has 5 nitrogen and oxygen atoms in total. The van der Waals surface area contributed by atoms with Crippen LogP contribution in [0.25, 0.3) is 79.0 Å². The molecular formula is C50H36N4OS. The van der Waals surface area contributed by atoms with Gasteiger partial charge in [-0.05, 0) is 54.7 Å². The maximum atomic E-state index is 6.42. The second-order valence-electron chi connectivity index (χ2n) is 15.3. The molecule has 2 atom stereocenters. The largest absolute Gasteiger partial charge is 0.456 e. The molecule has 0 saturated carbocycles. The van der Waals surface area contributed by atoms with E-state index in [0.717, 1.165) is 68.4 Å². The first-order valence-corrected chi connectivity index (χ1v) is 20.0. The van der Waals surface area contributed by atoms with Crippen LogP contribution >= 0.6 is 11.8 Å². The SMILES string of the molecule is CC12CC=CC=C1c1c(c(-c3ccc(-c4nc(-c5ccccc5)nc(-c5ccccc5)n4)cc3)nc3c1C(C)(c1ccc4c(c1)oc1ccccc14)CC=C3)S2. The Hall–Kier alpha value is -6.37. The maximum Gasteiger partial charge on any atom is 0.164 e. The number of benzene rings is 5. The minimum atomic E-state index is -0.309. The van der Waals surface area contributed by atoms with E-state index in [2.05, 4.69) is 105 Å². The second-order valence-corrected chi connectivity index (χ2v) is 16.8. The van der Waals surface area contributed by atoms with Gasteiger partial charge in [-0.2, -0.15) is 0 Å². The van der Waals surface area contributed by atoms with Crippen molar-refractivity contribution in [2.75, 3.05) is 0 Å². The molecule has 3 aliphatic rings. The third-order valence-electron chi connectivity index (χ3n) is 11.7. The van der Waals surface area contributed by atoms with Crippen LogP contribution < -0.4 is 0 Å². The highest BCUT2D eigenvalue weighted by Crippen LogP contribution is 2.62. The van der Waals surface area contributed by atoms with Crippen molar-refractivity contribution in [1.82, 2.24) is 19.9 Å². The molecule has 6 heteroatoms. The van der Waals surface area contributed by atoms with Gasteiger partial charge in [-0.3, -0.25) is 0 Å². The van der Waals surface area contributed by atoms with E-state index in [4.69, 9.17) is 24.4 Å². The lowest BCUT2D eigenvalue weighted by molar-refractivity contribution is 0.565. The number of fused-ring (bicyclic) bond motifs is 8. The summed E-state index contributed by atoms with van der Waals surface area (Å²) in [6, 6.07) is 43.9. The summed E-state index contributed by atoms with van der Waals surface area (Å²) >= 11 is 1.96. The summed E-state index contributed by atoms with van der Waals surface area (Å²) in [6.45, 7) is 4.77. The van der Waals surface area contributed by atoms with Crippen molar-refractivity contribution in [3.8, 4) is 45.4 Å². The van der Waals surface area contributed by atoms with Gasteiger partial charge in [0.25, 0.3) is 0 Å². The Labute approximate surface area is 329 Å². The third kappa shape index (κ3) is 5.16. The summed E-state index contributed by atoms with van der Waals surface area (Å²) in [5.74, 6) is 1.93. The van der Waals surface area contributed by atoms with Crippen LogP contribution in [0.1, 0.15) is 49.1 Å². The van der Waals surface area contributed by atoms with Gasteiger partial charge in [-0.25, -0.2) is 19.9 Å². The molecule has 3 aromatic heterocycles. The molecule has 0 spiro atoms. The van der Waals surface area contributed by atoms with E-state index in [1.165, 1.54) is 27.2 Å². The van der Waals surface area contributed by atoms with Crippen LogP contribution in [-0.2, 0) is 5.41 Å². The van der Waals surface area contributed by atoms with Gasteiger partial charge in [-0.15, -0.1) is 11.8 Å². The molecule has 0 N–H and O–H groups in total. The minimum Gasteiger partial charge on any atom is -0.456 e. The normalized spacial score (nSPS) is 19.5. The highest BCUT2D eigenvalue weighted by atomic mass is 32.2. The molecule has 268 valence electrons. The maximum absolute atomic E-state index is 6.42. The van der Waals surface area contributed by atoms with Crippen molar-refractivity contribution in [2.24, 2.45) is 0 Å². The summed E-state index contributed by atoms with van der Waals surface area (Å²) in [4.78, 5) is 21.6. The number of para-hydroxylation sites is 1. The summed E-state index contributed by atoms with van der Waals surface area (Å²) in [7, 11) is 0. The van der Waals surface area contributed by atoms with Crippen molar-refractivity contribution >= 4 is 45.3 Å². The lowest BCUT2D eigenvalue weighted by Gasteiger charge is -2.36. The number of allylic oxidation sites excluding steroid dienone is 4. The van der Waals surface area contributed by atoms with Crippen LogP contribution in [0.3, 0.4) is 0 Å². The fourth-order valence-corrected chi connectivity index (χ4v) is 10.3. The van der Waals surface area contributed by atoms with E-state index in [-0.39, 0.29) is 10.2 Å². The van der Waals surface area contributed by atoms with Gasteiger partial charge in [0, 0.05) is 53.6 Å². The zero-order chi connectivity index (χ0) is 37.4. The highest BCUT2D eigenvalue weighted by molar-refractivity contribution is 8.01. The molecular weight excluding hydrogens is 705 g/mol. The standard InChI is InChI=1S/C50H36N4OS/c1-49(35-26-27-37-36-18-9-10-21-40(36)55-41(37)30-35)28-13-20-39-43(49)42-38-19-11-12-29-50(38,2)56-45(42)44(51-39)31-22-24-34(25-23-31)48-53-46(32-14-5-3-6-15-32)52-47(54-48)33-16-7-4-8-17-33/h3-27,30H,28-29H2,1-2H3. The zero-order valence-corrected chi connectivity index (χ0v) is 31.8. The van der Waals surface area contributed by atoms with E-state index in [1.807, 2.05) is 78.5 Å². The molecule has 11 rings (SSSR count). The molecule has 2 unspecified atom stereocenters. The predicted octanol–water partition coefficient (Wildman–Crippen LogP) is 12.8. The van der Waals surface area contributed by atoms with Gasteiger partial charge >= 0.3 is 0 Å². The number of hydrogen-bond donors (Lipinski definition) is 0. The van der Waals surface area contributed by atoms with Crippen LogP contribution in [0, 0.1) is 0 Å². The molecule has 0 radical (unpaired) electrons. The van der Waals surface area contributed by atoms with Crippen molar-refractivity contribution < 1.29 is 4.42 Å². The fourth-order valence-electron chi connectivity index (χ4n) is 8.79. The Morgan fingerprint density at radius 2 is 1.21 bits per heavy atom. The van der Waals surface area contributed by atoms with Gasteiger partial charge in [0.05, 0.1) is 11.4 Å². The molecule has 1 aliphatic heterocycles. The Morgan fingerprint density at radius 1 is 0.589 bits per heavy atom. The Bertz CT molecular complexity index is 2910.